The Morgan fingerprint density at radius 3 is 2.57 bits per heavy atom. The van der Waals surface area contributed by atoms with Gasteiger partial charge in [-0.25, -0.2) is 9.37 Å². The second-order valence-electron chi connectivity index (χ2n) is 13.5. The molecule has 4 aromatic rings. The Balaban J connectivity index is 1.31. The number of amides is 1. The van der Waals surface area contributed by atoms with E-state index in [-0.39, 0.29) is 22.6 Å². The SMILES string of the molecule is CN(C)CCN(C)c1ccc(Nc2cc(-c3cc(F)cc(N4CCc5c(sc6c5CC(C)(C)C6)C4=O)c3CO)cn(C)c2=O)nc1. The smallest absolute Gasteiger partial charge is 0.274 e. The number of hydrogen-bond acceptors (Lipinski definition) is 8. The number of aliphatic hydroxyl groups excluding tert-OH is 1. The zero-order valence-corrected chi connectivity index (χ0v) is 28.1. The van der Waals surface area contributed by atoms with Crippen LogP contribution >= 0.6 is 11.3 Å². The Kier molecular flexibility index (Phi) is 8.51. The number of nitrogens with one attached hydrogen (secondary N) is 1. The first-order valence-corrected chi connectivity index (χ1v) is 16.4. The van der Waals surface area contributed by atoms with Crippen molar-refractivity contribution in [1.29, 1.82) is 0 Å². The molecule has 1 aliphatic heterocycles. The summed E-state index contributed by atoms with van der Waals surface area (Å²) in [5.41, 5.74) is 5.27. The van der Waals surface area contributed by atoms with Gasteiger partial charge in [-0.15, -0.1) is 11.3 Å². The minimum atomic E-state index is -0.532. The van der Waals surface area contributed by atoms with E-state index in [4.69, 9.17) is 0 Å². The number of benzene rings is 1. The first kappa shape index (κ1) is 31.9. The number of carbonyl (C=O) groups is 1. The van der Waals surface area contributed by atoms with E-state index in [1.807, 2.05) is 33.3 Å². The van der Waals surface area contributed by atoms with Gasteiger partial charge in [-0.05, 0) is 85.8 Å². The van der Waals surface area contributed by atoms with E-state index in [9.17, 15) is 14.7 Å². The highest BCUT2D eigenvalue weighted by Gasteiger charge is 2.38. The second-order valence-corrected chi connectivity index (χ2v) is 14.6. The van der Waals surface area contributed by atoms with Crippen molar-refractivity contribution in [3.8, 4) is 11.1 Å². The molecule has 46 heavy (non-hydrogen) atoms. The van der Waals surface area contributed by atoms with Crippen molar-refractivity contribution in [1.82, 2.24) is 14.5 Å². The standard InChI is InChI=1S/C35H41FN6O3S/c1-35(2)16-26-24-9-10-42(34(45)32(24)46-30(26)17-35)29-15-22(36)14-25(27(29)20-43)21-13-28(33(44)41(6)19-21)38-31-8-7-23(18-37-31)40(5)12-11-39(3)4/h7-8,13-15,18-19,43H,9-12,16-17,20H2,1-6H3,(H,37,38). The lowest BCUT2D eigenvalue weighted by Crippen LogP contribution is -2.38. The number of aromatic nitrogens is 2. The molecule has 0 bridgehead atoms. The van der Waals surface area contributed by atoms with Crippen molar-refractivity contribution in [2.24, 2.45) is 12.5 Å². The summed E-state index contributed by atoms with van der Waals surface area (Å²) in [7, 11) is 7.68. The van der Waals surface area contributed by atoms with E-state index in [1.54, 1.807) is 41.7 Å². The molecule has 0 atom stereocenters. The molecule has 1 aromatic carbocycles. The number of halogens is 1. The maximum atomic E-state index is 15.3. The minimum absolute atomic E-state index is 0.158. The quantitative estimate of drug-likeness (QED) is 0.259. The normalized spacial score (nSPS) is 15.3. The number of carbonyl (C=O) groups excluding carboxylic acids is 1. The number of hydrogen-bond donors (Lipinski definition) is 2. The van der Waals surface area contributed by atoms with Crippen molar-refractivity contribution in [2.75, 3.05) is 55.9 Å². The lowest BCUT2D eigenvalue weighted by Gasteiger charge is -2.30. The molecular formula is C35H41FN6O3S. The summed E-state index contributed by atoms with van der Waals surface area (Å²) in [4.78, 5) is 39.3. The molecule has 242 valence electrons. The Labute approximate surface area is 272 Å². The van der Waals surface area contributed by atoms with E-state index in [2.05, 4.69) is 33.9 Å². The van der Waals surface area contributed by atoms with Crippen LogP contribution in [0.4, 0.5) is 27.3 Å². The molecule has 2 N–H and O–H groups in total. The Morgan fingerprint density at radius 2 is 1.87 bits per heavy atom. The van der Waals surface area contributed by atoms with Gasteiger partial charge in [0, 0.05) is 55.9 Å². The molecule has 1 aliphatic carbocycles. The van der Waals surface area contributed by atoms with Gasteiger partial charge in [0.25, 0.3) is 11.5 Å². The second kappa shape index (κ2) is 12.3. The van der Waals surface area contributed by atoms with Crippen LogP contribution < -0.4 is 20.7 Å². The van der Waals surface area contributed by atoms with Crippen LogP contribution in [0.25, 0.3) is 11.1 Å². The number of nitrogens with zero attached hydrogens (tertiary/aromatic N) is 5. The fourth-order valence-electron chi connectivity index (χ4n) is 6.53. The topological polar surface area (TPSA) is 93.9 Å². The van der Waals surface area contributed by atoms with Crippen LogP contribution in [0.15, 0.2) is 47.5 Å². The van der Waals surface area contributed by atoms with Gasteiger partial charge in [0.05, 0.1) is 29.1 Å². The summed E-state index contributed by atoms with van der Waals surface area (Å²) in [5.74, 6) is -0.202. The van der Waals surface area contributed by atoms with E-state index in [0.29, 0.717) is 41.2 Å². The molecule has 9 nitrogen and oxygen atoms in total. The molecule has 11 heteroatoms. The highest BCUT2D eigenvalue weighted by atomic mass is 32.1. The largest absolute Gasteiger partial charge is 0.392 e. The van der Waals surface area contributed by atoms with Crippen molar-refractivity contribution < 1.29 is 14.3 Å². The van der Waals surface area contributed by atoms with Crippen LogP contribution in [0.2, 0.25) is 0 Å². The summed E-state index contributed by atoms with van der Waals surface area (Å²) in [6, 6.07) is 8.05. The third kappa shape index (κ3) is 6.06. The van der Waals surface area contributed by atoms with E-state index >= 15 is 4.39 Å². The third-order valence-electron chi connectivity index (χ3n) is 8.99. The third-order valence-corrected chi connectivity index (χ3v) is 10.3. The number of rotatable bonds is 9. The van der Waals surface area contributed by atoms with Crippen molar-refractivity contribution in [3.63, 3.8) is 0 Å². The van der Waals surface area contributed by atoms with Gasteiger partial charge in [0.15, 0.2) is 0 Å². The summed E-state index contributed by atoms with van der Waals surface area (Å²) in [5, 5.41) is 13.7. The fourth-order valence-corrected chi connectivity index (χ4v) is 8.10. The zero-order valence-electron chi connectivity index (χ0n) is 27.3. The van der Waals surface area contributed by atoms with Gasteiger partial charge in [-0.2, -0.15) is 0 Å². The molecule has 1 amide bonds. The molecule has 0 radical (unpaired) electrons. The number of likely N-dealkylation sites (N-methyl/N-ethyl adjacent to an activating group) is 2. The zero-order chi connectivity index (χ0) is 32.9. The van der Waals surface area contributed by atoms with Crippen molar-refractivity contribution in [2.45, 2.75) is 39.7 Å². The molecule has 0 spiro atoms. The average Bonchev–Trinajstić information content (AvgIpc) is 3.50. The molecule has 4 heterocycles. The van der Waals surface area contributed by atoms with Crippen LogP contribution in [0, 0.1) is 11.2 Å². The Hall–Kier alpha value is -4.06. The first-order chi connectivity index (χ1) is 21.8. The first-order valence-electron chi connectivity index (χ1n) is 15.5. The minimum Gasteiger partial charge on any atom is -0.392 e. The fraction of sp³-hybridized carbons (Fsp3) is 0.400. The lowest BCUT2D eigenvalue weighted by atomic mass is 9.89. The highest BCUT2D eigenvalue weighted by Crippen LogP contribution is 2.46. The van der Waals surface area contributed by atoms with Crippen molar-refractivity contribution in [3.05, 3.63) is 85.3 Å². The molecule has 0 unspecified atom stereocenters. The number of pyridine rings is 2. The molecule has 3 aromatic heterocycles. The highest BCUT2D eigenvalue weighted by molar-refractivity contribution is 7.14. The molecule has 2 aliphatic rings. The maximum absolute atomic E-state index is 15.3. The van der Waals surface area contributed by atoms with Gasteiger partial charge in [0.1, 0.15) is 17.3 Å². The lowest BCUT2D eigenvalue weighted by molar-refractivity contribution is 0.0984. The number of anilines is 4. The van der Waals surface area contributed by atoms with Crippen molar-refractivity contribution >= 4 is 40.1 Å². The average molecular weight is 645 g/mol. The predicted octanol–water partition coefficient (Wildman–Crippen LogP) is 5.21. The predicted molar refractivity (Wildman–Crippen MR) is 183 cm³/mol. The molecule has 0 saturated heterocycles. The molecular weight excluding hydrogens is 603 g/mol. The van der Waals surface area contributed by atoms with Crippen LogP contribution in [-0.2, 0) is 32.9 Å². The maximum Gasteiger partial charge on any atom is 0.274 e. The monoisotopic (exact) mass is 644 g/mol. The number of aryl methyl sites for hydroxylation is 1. The van der Waals surface area contributed by atoms with E-state index in [0.717, 1.165) is 42.1 Å². The summed E-state index contributed by atoms with van der Waals surface area (Å²) >= 11 is 1.56. The van der Waals surface area contributed by atoms with Gasteiger partial charge >= 0.3 is 0 Å². The van der Waals surface area contributed by atoms with Gasteiger partial charge in [-0.3, -0.25) is 9.59 Å². The van der Waals surface area contributed by atoms with Gasteiger partial charge < -0.3 is 29.7 Å². The van der Waals surface area contributed by atoms with Gasteiger partial charge in [-0.1, -0.05) is 13.8 Å². The van der Waals surface area contributed by atoms with Gasteiger partial charge in [0.2, 0.25) is 0 Å². The molecule has 6 rings (SSSR count). The van der Waals surface area contributed by atoms with Crippen LogP contribution in [0.3, 0.4) is 0 Å². The molecule has 0 saturated carbocycles. The Bertz CT molecular complexity index is 1860. The van der Waals surface area contributed by atoms with Crippen LogP contribution in [0.1, 0.15) is 45.1 Å². The van der Waals surface area contributed by atoms with Crippen LogP contribution in [-0.4, -0.2) is 66.2 Å². The number of thiophene rings is 1. The number of fused-ring (bicyclic) bond motifs is 3. The summed E-state index contributed by atoms with van der Waals surface area (Å²) < 4.78 is 16.8. The van der Waals surface area contributed by atoms with Crippen LogP contribution in [0.5, 0.6) is 0 Å². The Morgan fingerprint density at radius 1 is 1.09 bits per heavy atom. The summed E-state index contributed by atoms with van der Waals surface area (Å²) in [6.45, 7) is 6.24. The van der Waals surface area contributed by atoms with E-state index < -0.39 is 12.4 Å². The molecule has 0 fully saturated rings. The number of aliphatic hydroxyl groups is 1. The van der Waals surface area contributed by atoms with E-state index in [1.165, 1.54) is 27.1 Å². The summed E-state index contributed by atoms with van der Waals surface area (Å²) in [6.07, 6.45) is 5.97.